The Balaban J connectivity index is 1.29. The molecule has 2 aromatic rings. The largest absolute Gasteiger partial charge is 0.465 e. The van der Waals surface area contributed by atoms with Crippen LogP contribution in [0.4, 0.5) is 4.79 Å². The van der Waals surface area contributed by atoms with E-state index in [4.69, 9.17) is 4.74 Å². The average molecular weight is 559 g/mol. The number of thioether (sulfide) groups is 1. The van der Waals surface area contributed by atoms with Crippen LogP contribution in [0.15, 0.2) is 58.6 Å². The first kappa shape index (κ1) is 27.5. The summed E-state index contributed by atoms with van der Waals surface area (Å²) in [4.78, 5) is 54.9. The summed E-state index contributed by atoms with van der Waals surface area (Å²) in [5.74, 6) is -1.86. The Labute approximate surface area is 224 Å². The van der Waals surface area contributed by atoms with E-state index in [9.17, 15) is 27.6 Å². The lowest BCUT2D eigenvalue weighted by Gasteiger charge is -2.31. The molecule has 11 nitrogen and oxygen atoms in total. The van der Waals surface area contributed by atoms with E-state index >= 15 is 0 Å². The van der Waals surface area contributed by atoms with Crippen LogP contribution in [0.25, 0.3) is 6.08 Å². The van der Waals surface area contributed by atoms with E-state index in [1.54, 1.807) is 36.7 Å². The predicted octanol–water partition coefficient (Wildman–Crippen LogP) is 2.12. The lowest BCUT2D eigenvalue weighted by Crippen LogP contribution is -2.44. The van der Waals surface area contributed by atoms with Gasteiger partial charge < -0.3 is 10.1 Å². The van der Waals surface area contributed by atoms with Crippen molar-refractivity contribution < 1.29 is 32.3 Å². The van der Waals surface area contributed by atoms with E-state index in [0.717, 1.165) is 16.7 Å². The fraction of sp³-hybridized carbons (Fsp3) is 0.320. The highest BCUT2D eigenvalue weighted by Gasteiger charge is 2.36. The number of carbonyl (C=O) groups excluding carboxylic acids is 4. The Morgan fingerprint density at radius 2 is 1.89 bits per heavy atom. The van der Waals surface area contributed by atoms with Crippen molar-refractivity contribution in [1.82, 2.24) is 19.5 Å². The van der Waals surface area contributed by atoms with Gasteiger partial charge in [0.2, 0.25) is 15.9 Å². The smallest absolute Gasteiger partial charge is 0.339 e. The highest BCUT2D eigenvalue weighted by Crippen LogP contribution is 2.32. The number of amides is 3. The van der Waals surface area contributed by atoms with E-state index in [-0.39, 0.29) is 47.5 Å². The minimum Gasteiger partial charge on any atom is -0.465 e. The first-order valence-electron chi connectivity index (χ1n) is 11.8. The number of sulfonamides is 1. The number of imide groups is 1. The molecule has 13 heteroatoms. The molecule has 0 spiro atoms. The van der Waals surface area contributed by atoms with Crippen molar-refractivity contribution in [3.63, 3.8) is 0 Å². The lowest BCUT2D eigenvalue weighted by atomic mass is 9.97. The van der Waals surface area contributed by atoms with Crippen LogP contribution in [-0.4, -0.2) is 78.9 Å². The fourth-order valence-electron chi connectivity index (χ4n) is 4.21. The van der Waals surface area contributed by atoms with E-state index in [0.29, 0.717) is 18.4 Å². The Bertz CT molecular complexity index is 1370. The Morgan fingerprint density at radius 1 is 1.16 bits per heavy atom. The molecular weight excluding hydrogens is 532 g/mol. The van der Waals surface area contributed by atoms with Crippen molar-refractivity contribution >= 4 is 50.9 Å². The van der Waals surface area contributed by atoms with E-state index in [1.807, 2.05) is 0 Å². The van der Waals surface area contributed by atoms with Gasteiger partial charge in [0, 0.05) is 44.5 Å². The Morgan fingerprint density at radius 3 is 2.58 bits per heavy atom. The van der Waals surface area contributed by atoms with Crippen molar-refractivity contribution in [3.05, 3.63) is 64.8 Å². The van der Waals surface area contributed by atoms with Crippen LogP contribution >= 0.6 is 11.8 Å². The number of nitrogens with zero attached hydrogens (tertiary/aromatic N) is 3. The van der Waals surface area contributed by atoms with Crippen LogP contribution < -0.4 is 5.32 Å². The predicted molar refractivity (Wildman–Crippen MR) is 139 cm³/mol. The monoisotopic (exact) mass is 558 g/mol. The van der Waals surface area contributed by atoms with Gasteiger partial charge in [0.1, 0.15) is 0 Å². The Hall–Kier alpha value is -3.55. The second kappa shape index (κ2) is 11.9. The van der Waals surface area contributed by atoms with E-state index in [1.165, 1.54) is 29.6 Å². The molecule has 0 saturated carbocycles. The second-order valence-electron chi connectivity index (χ2n) is 8.58. The molecule has 0 unspecified atom stereocenters. The van der Waals surface area contributed by atoms with Gasteiger partial charge in [-0.05, 0) is 54.4 Å². The normalized spacial score (nSPS) is 18.1. The van der Waals surface area contributed by atoms with Crippen molar-refractivity contribution in [1.29, 1.82) is 0 Å². The van der Waals surface area contributed by atoms with Crippen LogP contribution in [-0.2, 0) is 24.3 Å². The number of esters is 1. The van der Waals surface area contributed by atoms with Gasteiger partial charge in [0.05, 0.1) is 22.5 Å². The first-order chi connectivity index (χ1) is 18.2. The van der Waals surface area contributed by atoms with Gasteiger partial charge in [-0.2, -0.15) is 4.31 Å². The van der Waals surface area contributed by atoms with Crippen molar-refractivity contribution in [2.45, 2.75) is 17.7 Å². The molecule has 2 aliphatic rings. The quantitative estimate of drug-likeness (QED) is 0.381. The second-order valence-corrected chi connectivity index (χ2v) is 11.5. The summed E-state index contributed by atoms with van der Waals surface area (Å²) >= 11 is 0.835. The zero-order chi connectivity index (χ0) is 27.3. The summed E-state index contributed by atoms with van der Waals surface area (Å²) in [6, 6.07) is 9.34. The topological polar surface area (TPSA) is 143 Å². The van der Waals surface area contributed by atoms with Crippen LogP contribution in [0.1, 0.15) is 28.8 Å². The number of carbonyl (C=O) groups is 4. The maximum Gasteiger partial charge on any atom is 0.339 e. The number of aromatic nitrogens is 1. The number of methoxy groups -OCH3 is 1. The van der Waals surface area contributed by atoms with Gasteiger partial charge in [0.15, 0.2) is 0 Å². The van der Waals surface area contributed by atoms with E-state index in [2.05, 4.69) is 10.3 Å². The molecule has 0 atom stereocenters. The maximum absolute atomic E-state index is 13.2. The lowest BCUT2D eigenvalue weighted by molar-refractivity contribution is -0.127. The molecule has 3 amide bonds. The molecule has 0 bridgehead atoms. The molecule has 2 saturated heterocycles. The molecule has 38 heavy (non-hydrogen) atoms. The molecular formula is C25H26N4O7S2. The molecule has 4 rings (SSSR count). The number of hydrogen-bond donors (Lipinski definition) is 1. The summed E-state index contributed by atoms with van der Waals surface area (Å²) in [5, 5.41) is 2.34. The average Bonchev–Trinajstić information content (AvgIpc) is 3.20. The summed E-state index contributed by atoms with van der Waals surface area (Å²) in [5.41, 5.74) is 0.658. The molecule has 0 radical (unpaired) electrons. The molecule has 200 valence electrons. The van der Waals surface area contributed by atoms with Gasteiger partial charge in [-0.15, -0.1) is 0 Å². The highest BCUT2D eigenvalue weighted by molar-refractivity contribution is 8.18. The molecule has 2 aliphatic heterocycles. The number of nitrogens with one attached hydrogen (secondary N) is 1. The maximum atomic E-state index is 13.2. The minimum absolute atomic E-state index is 0.0261. The molecule has 1 aromatic heterocycles. The van der Waals surface area contributed by atoms with Gasteiger partial charge >= 0.3 is 5.97 Å². The zero-order valence-electron chi connectivity index (χ0n) is 20.5. The summed E-state index contributed by atoms with van der Waals surface area (Å²) in [6.07, 6.45) is 5.38. The van der Waals surface area contributed by atoms with Gasteiger partial charge in [-0.25, -0.2) is 13.2 Å². The molecule has 0 aliphatic carbocycles. The van der Waals surface area contributed by atoms with Crippen LogP contribution in [0.5, 0.6) is 0 Å². The van der Waals surface area contributed by atoms with Gasteiger partial charge in [-0.3, -0.25) is 24.3 Å². The number of benzene rings is 1. The molecule has 3 heterocycles. The third-order valence-electron chi connectivity index (χ3n) is 6.23. The molecule has 2 fully saturated rings. The van der Waals surface area contributed by atoms with Crippen molar-refractivity contribution in [2.24, 2.45) is 5.92 Å². The van der Waals surface area contributed by atoms with Crippen LogP contribution in [0.3, 0.4) is 0 Å². The first-order valence-corrected chi connectivity index (χ1v) is 14.1. The molecule has 1 N–H and O–H groups in total. The number of hydrogen-bond acceptors (Lipinski definition) is 9. The van der Waals surface area contributed by atoms with Crippen molar-refractivity contribution in [3.8, 4) is 0 Å². The summed E-state index contributed by atoms with van der Waals surface area (Å²) < 4.78 is 32.3. The minimum atomic E-state index is -3.96. The van der Waals surface area contributed by atoms with Gasteiger partial charge in [-0.1, -0.05) is 18.2 Å². The SMILES string of the molecule is COC(=O)c1ccccc1S(=O)(=O)N1CCC(C(=O)NCCN2C(=O)S/C(=C/c3cccnc3)C2=O)CC1. The van der Waals surface area contributed by atoms with Crippen LogP contribution in [0.2, 0.25) is 0 Å². The van der Waals surface area contributed by atoms with Crippen molar-refractivity contribution in [2.75, 3.05) is 33.3 Å². The zero-order valence-corrected chi connectivity index (χ0v) is 22.2. The third-order valence-corrected chi connectivity index (χ3v) is 9.09. The Kier molecular flexibility index (Phi) is 8.59. The third kappa shape index (κ3) is 5.95. The summed E-state index contributed by atoms with van der Waals surface area (Å²) in [6.45, 7) is 0.330. The number of rotatable bonds is 8. The van der Waals surface area contributed by atoms with E-state index < -0.39 is 33.1 Å². The van der Waals surface area contributed by atoms with Crippen LogP contribution in [0, 0.1) is 5.92 Å². The number of ether oxygens (including phenoxy) is 1. The van der Waals surface area contributed by atoms with Gasteiger partial charge in [0.25, 0.3) is 11.1 Å². The highest BCUT2D eigenvalue weighted by atomic mass is 32.2. The molecule has 1 aromatic carbocycles. The standard InChI is InChI=1S/C25H26N4O7S2/c1-36-24(32)19-6-2-3-7-21(19)38(34,35)28-12-8-18(9-13-28)22(30)27-11-14-29-23(31)20(37-25(29)33)15-17-5-4-10-26-16-17/h2-7,10,15-16,18H,8-9,11-14H2,1H3,(H,27,30)/b20-15+. The number of pyridine rings is 1. The number of piperidine rings is 1. The summed E-state index contributed by atoms with van der Waals surface area (Å²) in [7, 11) is -2.77. The fourth-order valence-corrected chi connectivity index (χ4v) is 6.72.